The van der Waals surface area contributed by atoms with E-state index in [4.69, 9.17) is 9.47 Å². The van der Waals surface area contributed by atoms with Crippen molar-refractivity contribution in [3.05, 3.63) is 38.8 Å². The highest BCUT2D eigenvalue weighted by Gasteiger charge is 2.28. The molecule has 1 N–H and O–H groups in total. The van der Waals surface area contributed by atoms with Gasteiger partial charge in [-0.2, -0.15) is 0 Å². The summed E-state index contributed by atoms with van der Waals surface area (Å²) in [6.45, 7) is 0.369. The highest BCUT2D eigenvalue weighted by atomic mass is 79.9. The van der Waals surface area contributed by atoms with E-state index >= 15 is 0 Å². The van der Waals surface area contributed by atoms with Gasteiger partial charge >= 0.3 is 11.9 Å². The summed E-state index contributed by atoms with van der Waals surface area (Å²) in [5.74, 6) is -2.09. The number of rotatable bonds is 8. The molecule has 0 aliphatic carbocycles. The van der Waals surface area contributed by atoms with Gasteiger partial charge in [0.15, 0.2) is 0 Å². The first-order valence-corrected chi connectivity index (χ1v) is 11.0. The first-order valence-electron chi connectivity index (χ1n) is 9.42. The lowest BCUT2D eigenvalue weighted by Crippen LogP contribution is -2.38. The molecule has 1 atom stereocenters. The van der Waals surface area contributed by atoms with Crippen molar-refractivity contribution >= 4 is 61.5 Å². The number of hydrogen-bond acceptors (Lipinski definition) is 7. The average molecular weight is 558 g/mol. The number of hydrogen-bond donors (Lipinski definition) is 1. The topological polar surface area (TPSA) is 119 Å². The third-order valence-electron chi connectivity index (χ3n) is 4.59. The molecule has 9 nitrogen and oxygen atoms in total. The van der Waals surface area contributed by atoms with Crippen LogP contribution in [0.5, 0.6) is 5.75 Å². The van der Waals surface area contributed by atoms with Crippen molar-refractivity contribution in [1.82, 2.24) is 10.2 Å². The molecule has 164 valence electrons. The maximum atomic E-state index is 12.4. The molecule has 1 fully saturated rings. The quantitative estimate of drug-likeness (QED) is 0.294. The second-order valence-electron chi connectivity index (χ2n) is 6.87. The Balaban J connectivity index is 1.60. The van der Waals surface area contributed by atoms with E-state index in [9.17, 15) is 24.0 Å². The van der Waals surface area contributed by atoms with Gasteiger partial charge in [0.05, 0.1) is 17.5 Å². The number of imide groups is 1. The molecular weight excluding hydrogens is 540 g/mol. The van der Waals surface area contributed by atoms with Gasteiger partial charge in [-0.25, -0.2) is 4.79 Å². The monoisotopic (exact) mass is 556 g/mol. The van der Waals surface area contributed by atoms with E-state index in [2.05, 4.69) is 37.2 Å². The molecule has 0 radical (unpaired) electrons. The number of amides is 3. The summed E-state index contributed by atoms with van der Waals surface area (Å²) in [6.07, 6.45) is 2.87. The van der Waals surface area contributed by atoms with Crippen molar-refractivity contribution in [3.63, 3.8) is 0 Å². The van der Waals surface area contributed by atoms with Gasteiger partial charge in [0, 0.05) is 41.6 Å². The Morgan fingerprint density at radius 2 is 1.87 bits per heavy atom. The van der Waals surface area contributed by atoms with Crippen LogP contribution in [-0.2, 0) is 35.1 Å². The van der Waals surface area contributed by atoms with Crippen molar-refractivity contribution in [1.29, 1.82) is 0 Å². The number of cyclic esters (lactones) is 1. The minimum absolute atomic E-state index is 0.0287. The van der Waals surface area contributed by atoms with Crippen LogP contribution in [0.3, 0.4) is 0 Å². The molecule has 2 aliphatic heterocycles. The molecule has 1 aromatic rings. The summed E-state index contributed by atoms with van der Waals surface area (Å²) in [4.78, 5) is 60.4. The van der Waals surface area contributed by atoms with Gasteiger partial charge < -0.3 is 14.8 Å². The molecule has 2 heterocycles. The second-order valence-corrected chi connectivity index (χ2v) is 8.64. The lowest BCUT2D eigenvalue weighted by atomic mass is 10.1. The SMILES string of the molecule is O=C(Cc1cc(Br)cc(Br)c1OC(=O)CCCN1C(=O)C=CC1=O)N[C@H]1CCOC1=O. The number of esters is 2. The maximum absolute atomic E-state index is 12.4. The molecule has 0 unspecified atom stereocenters. The van der Waals surface area contributed by atoms with Crippen LogP contribution in [0, 0.1) is 0 Å². The predicted molar refractivity (Wildman–Crippen MR) is 114 cm³/mol. The fourth-order valence-electron chi connectivity index (χ4n) is 3.10. The normalized spacial score (nSPS) is 17.8. The fraction of sp³-hybridized carbons (Fsp3) is 0.350. The average Bonchev–Trinajstić information content (AvgIpc) is 3.24. The molecule has 1 saturated heterocycles. The van der Waals surface area contributed by atoms with Crippen molar-refractivity contribution in [3.8, 4) is 5.75 Å². The number of nitrogens with zero attached hydrogens (tertiary/aromatic N) is 1. The van der Waals surface area contributed by atoms with Gasteiger partial charge in [0.2, 0.25) is 5.91 Å². The molecule has 1 aromatic carbocycles. The van der Waals surface area contributed by atoms with Crippen LogP contribution in [0.1, 0.15) is 24.8 Å². The zero-order valence-electron chi connectivity index (χ0n) is 16.2. The predicted octanol–water partition coefficient (Wildman–Crippen LogP) is 1.80. The van der Waals surface area contributed by atoms with Gasteiger partial charge in [-0.3, -0.25) is 24.1 Å². The van der Waals surface area contributed by atoms with Crippen LogP contribution in [0.15, 0.2) is 33.2 Å². The van der Waals surface area contributed by atoms with Gasteiger partial charge in [0.25, 0.3) is 11.8 Å². The number of ether oxygens (including phenoxy) is 2. The van der Waals surface area contributed by atoms with E-state index in [0.29, 0.717) is 20.9 Å². The van der Waals surface area contributed by atoms with Crippen molar-refractivity contribution in [2.75, 3.05) is 13.2 Å². The largest absolute Gasteiger partial charge is 0.464 e. The number of nitrogens with one attached hydrogen (secondary N) is 1. The Morgan fingerprint density at radius 1 is 1.16 bits per heavy atom. The third kappa shape index (κ3) is 6.01. The fourth-order valence-corrected chi connectivity index (χ4v) is 4.50. The first kappa shape index (κ1) is 23.1. The van der Waals surface area contributed by atoms with Crippen molar-refractivity contribution < 1.29 is 33.4 Å². The smallest absolute Gasteiger partial charge is 0.328 e. The molecule has 2 aliphatic rings. The van der Waals surface area contributed by atoms with E-state index in [0.717, 1.165) is 4.90 Å². The number of benzene rings is 1. The van der Waals surface area contributed by atoms with Crippen LogP contribution < -0.4 is 10.1 Å². The van der Waals surface area contributed by atoms with Crippen LogP contribution >= 0.6 is 31.9 Å². The lowest BCUT2D eigenvalue weighted by molar-refractivity contribution is -0.141. The standard InChI is InChI=1S/C20H18Br2N2O7/c21-12-8-11(9-15(25)23-14-5-7-30-20(14)29)19(13(22)10-12)31-18(28)2-1-6-24-16(26)3-4-17(24)27/h3-4,8,10,14H,1-2,5-7,9H2,(H,23,25)/t14-/m0/s1. The summed E-state index contributed by atoms with van der Waals surface area (Å²) in [5.41, 5.74) is 0.438. The molecular formula is C20H18Br2N2O7. The highest BCUT2D eigenvalue weighted by molar-refractivity contribution is 9.11. The lowest BCUT2D eigenvalue weighted by Gasteiger charge is -2.15. The summed E-state index contributed by atoms with van der Waals surface area (Å²) in [6, 6.07) is 2.64. The van der Waals surface area contributed by atoms with Crippen molar-refractivity contribution in [2.45, 2.75) is 31.7 Å². The van der Waals surface area contributed by atoms with E-state index in [1.807, 2.05) is 0 Å². The van der Waals surface area contributed by atoms with Crippen LogP contribution in [0.4, 0.5) is 0 Å². The van der Waals surface area contributed by atoms with Gasteiger partial charge in [-0.15, -0.1) is 0 Å². The summed E-state index contributed by atoms with van der Waals surface area (Å²) >= 11 is 6.67. The minimum atomic E-state index is -0.681. The molecule has 0 spiro atoms. The zero-order valence-corrected chi connectivity index (χ0v) is 19.4. The van der Waals surface area contributed by atoms with E-state index in [-0.39, 0.29) is 38.2 Å². The van der Waals surface area contributed by atoms with E-state index in [1.165, 1.54) is 12.2 Å². The maximum Gasteiger partial charge on any atom is 0.328 e. The molecule has 0 aromatic heterocycles. The Labute approximate surface area is 194 Å². The number of carbonyl (C=O) groups is 5. The Kier molecular flexibility index (Phi) is 7.60. The van der Waals surface area contributed by atoms with Crippen LogP contribution in [0.25, 0.3) is 0 Å². The molecule has 31 heavy (non-hydrogen) atoms. The Hall–Kier alpha value is -2.53. The van der Waals surface area contributed by atoms with Gasteiger partial charge in [0.1, 0.15) is 11.8 Å². The van der Waals surface area contributed by atoms with E-state index < -0.39 is 35.7 Å². The molecule has 3 amide bonds. The second kappa shape index (κ2) is 10.2. The molecule has 3 rings (SSSR count). The first-order chi connectivity index (χ1) is 14.7. The number of halogens is 2. The summed E-state index contributed by atoms with van der Waals surface area (Å²) < 4.78 is 11.4. The van der Waals surface area contributed by atoms with Crippen LogP contribution in [-0.4, -0.2) is 53.8 Å². The van der Waals surface area contributed by atoms with Crippen LogP contribution in [0.2, 0.25) is 0 Å². The Bertz CT molecular complexity index is 959. The molecule has 11 heteroatoms. The highest BCUT2D eigenvalue weighted by Crippen LogP contribution is 2.34. The van der Waals surface area contributed by atoms with Crippen molar-refractivity contribution in [2.24, 2.45) is 0 Å². The molecule has 0 saturated carbocycles. The van der Waals surface area contributed by atoms with E-state index in [1.54, 1.807) is 12.1 Å². The Morgan fingerprint density at radius 3 is 2.52 bits per heavy atom. The van der Waals surface area contributed by atoms with Gasteiger partial charge in [-0.05, 0) is 34.5 Å². The third-order valence-corrected chi connectivity index (χ3v) is 5.63. The minimum Gasteiger partial charge on any atom is -0.464 e. The molecule has 0 bridgehead atoms. The van der Waals surface area contributed by atoms with Gasteiger partial charge in [-0.1, -0.05) is 15.9 Å². The number of carbonyl (C=O) groups excluding carboxylic acids is 5. The summed E-state index contributed by atoms with van der Waals surface area (Å²) in [5, 5.41) is 2.61. The summed E-state index contributed by atoms with van der Waals surface area (Å²) in [7, 11) is 0. The zero-order chi connectivity index (χ0) is 22.5.